The van der Waals surface area contributed by atoms with Crippen molar-refractivity contribution in [2.75, 3.05) is 12.4 Å². The summed E-state index contributed by atoms with van der Waals surface area (Å²) in [4.78, 5) is 10.5. The van der Waals surface area contributed by atoms with Gasteiger partial charge in [0.05, 0.1) is 17.8 Å². The van der Waals surface area contributed by atoms with E-state index in [-0.39, 0.29) is 0 Å². The lowest BCUT2D eigenvalue weighted by molar-refractivity contribution is 0.259. The zero-order valence-electron chi connectivity index (χ0n) is 7.00. The smallest absolute Gasteiger partial charge is 0.316 e. The van der Waals surface area contributed by atoms with Gasteiger partial charge in [0.1, 0.15) is 5.75 Å². The molecule has 70 valence electrons. The van der Waals surface area contributed by atoms with Crippen molar-refractivity contribution in [2.24, 2.45) is 5.73 Å². The lowest BCUT2D eigenvalue weighted by Gasteiger charge is -2.05. The number of anilines is 1. The number of halogens is 1. The lowest BCUT2D eigenvalue weighted by Crippen LogP contribution is -2.19. The normalized spacial score (nSPS) is 9.38. The standard InChI is InChI=1S/C8H9ClN2O2/c1-13-5-2-3-7(6(9)4-5)11-8(10)12/h2-4H,1H3,(H3,10,11,12). The fourth-order valence-electron chi connectivity index (χ4n) is 0.857. The Hall–Kier alpha value is -1.42. The zero-order valence-corrected chi connectivity index (χ0v) is 7.76. The monoisotopic (exact) mass is 200 g/mol. The molecule has 0 saturated carbocycles. The molecule has 0 aromatic heterocycles. The number of nitrogens with two attached hydrogens (primary N) is 1. The molecule has 1 aromatic rings. The number of rotatable bonds is 2. The van der Waals surface area contributed by atoms with Gasteiger partial charge in [-0.3, -0.25) is 0 Å². The van der Waals surface area contributed by atoms with Gasteiger partial charge in [0, 0.05) is 6.07 Å². The van der Waals surface area contributed by atoms with Gasteiger partial charge in [-0.2, -0.15) is 0 Å². The van der Waals surface area contributed by atoms with Gasteiger partial charge >= 0.3 is 6.03 Å². The van der Waals surface area contributed by atoms with Crippen LogP contribution in [0.5, 0.6) is 5.75 Å². The van der Waals surface area contributed by atoms with Gasteiger partial charge < -0.3 is 15.8 Å². The lowest BCUT2D eigenvalue weighted by atomic mass is 10.3. The number of carbonyl (C=O) groups excluding carboxylic acids is 1. The molecule has 0 unspecified atom stereocenters. The van der Waals surface area contributed by atoms with Crippen LogP contribution in [0, 0.1) is 0 Å². The number of hydrogen-bond donors (Lipinski definition) is 2. The summed E-state index contributed by atoms with van der Waals surface area (Å²) in [5.74, 6) is 0.625. The molecule has 0 aliphatic rings. The number of hydrogen-bond acceptors (Lipinski definition) is 2. The van der Waals surface area contributed by atoms with Crippen LogP contribution in [0.25, 0.3) is 0 Å². The van der Waals surface area contributed by atoms with E-state index in [4.69, 9.17) is 22.1 Å². The third-order valence-corrected chi connectivity index (χ3v) is 1.75. The Bertz CT molecular complexity index is 328. The van der Waals surface area contributed by atoms with E-state index in [9.17, 15) is 4.79 Å². The maximum absolute atomic E-state index is 10.5. The molecule has 0 radical (unpaired) electrons. The average molecular weight is 201 g/mol. The van der Waals surface area contributed by atoms with Gasteiger partial charge in [0.25, 0.3) is 0 Å². The average Bonchev–Trinajstić information content (AvgIpc) is 2.08. The molecule has 0 aliphatic heterocycles. The number of benzene rings is 1. The van der Waals surface area contributed by atoms with E-state index in [2.05, 4.69) is 5.32 Å². The van der Waals surface area contributed by atoms with Crippen LogP contribution in [0.15, 0.2) is 18.2 Å². The van der Waals surface area contributed by atoms with Gasteiger partial charge in [-0.15, -0.1) is 0 Å². The van der Waals surface area contributed by atoms with Crippen molar-refractivity contribution in [1.29, 1.82) is 0 Å². The van der Waals surface area contributed by atoms with E-state index >= 15 is 0 Å². The number of primary amides is 1. The molecule has 0 atom stereocenters. The number of ether oxygens (including phenoxy) is 1. The SMILES string of the molecule is COc1ccc(NC(N)=O)c(Cl)c1. The fourth-order valence-corrected chi connectivity index (χ4v) is 1.07. The second-order valence-electron chi connectivity index (χ2n) is 2.34. The van der Waals surface area contributed by atoms with Crippen LogP contribution >= 0.6 is 11.6 Å². The third-order valence-electron chi connectivity index (χ3n) is 1.43. The highest BCUT2D eigenvalue weighted by Gasteiger charge is 2.03. The first-order valence-electron chi connectivity index (χ1n) is 3.53. The van der Waals surface area contributed by atoms with Gasteiger partial charge in [-0.25, -0.2) is 4.79 Å². The summed E-state index contributed by atoms with van der Waals surface area (Å²) >= 11 is 5.80. The first-order valence-corrected chi connectivity index (χ1v) is 3.91. The molecule has 0 heterocycles. The number of amides is 2. The summed E-state index contributed by atoms with van der Waals surface area (Å²) < 4.78 is 4.93. The van der Waals surface area contributed by atoms with E-state index in [1.807, 2.05) is 0 Å². The summed E-state index contributed by atoms with van der Waals surface area (Å²) in [7, 11) is 1.53. The molecule has 0 aliphatic carbocycles. The molecule has 0 saturated heterocycles. The van der Waals surface area contributed by atoms with Crippen molar-refractivity contribution in [3.05, 3.63) is 23.2 Å². The highest BCUT2D eigenvalue weighted by molar-refractivity contribution is 6.33. The molecule has 5 heteroatoms. The molecule has 1 rings (SSSR count). The molecule has 0 bridgehead atoms. The van der Waals surface area contributed by atoms with Gasteiger partial charge in [0.2, 0.25) is 0 Å². The van der Waals surface area contributed by atoms with E-state index < -0.39 is 6.03 Å². The molecule has 1 aromatic carbocycles. The minimum Gasteiger partial charge on any atom is -0.497 e. The quantitative estimate of drug-likeness (QED) is 0.765. The molecular weight excluding hydrogens is 192 g/mol. The summed E-state index contributed by atoms with van der Waals surface area (Å²) in [5.41, 5.74) is 5.39. The van der Waals surface area contributed by atoms with Gasteiger partial charge in [-0.05, 0) is 12.1 Å². The van der Waals surface area contributed by atoms with Crippen LogP contribution in [0.1, 0.15) is 0 Å². The third kappa shape index (κ3) is 2.52. The Morgan fingerprint density at radius 1 is 1.62 bits per heavy atom. The maximum Gasteiger partial charge on any atom is 0.316 e. The first-order chi connectivity index (χ1) is 6.13. The Kier molecular flexibility index (Phi) is 2.97. The molecule has 4 nitrogen and oxygen atoms in total. The molecule has 2 amide bonds. The Balaban J connectivity index is 2.91. The van der Waals surface area contributed by atoms with Crippen LogP contribution in [0.2, 0.25) is 5.02 Å². The highest BCUT2D eigenvalue weighted by Crippen LogP contribution is 2.26. The second-order valence-corrected chi connectivity index (χ2v) is 2.74. The number of carbonyl (C=O) groups is 1. The molecular formula is C8H9ClN2O2. The maximum atomic E-state index is 10.5. The van der Waals surface area contributed by atoms with Crippen LogP contribution in [0.3, 0.4) is 0 Å². The highest BCUT2D eigenvalue weighted by atomic mass is 35.5. The van der Waals surface area contributed by atoms with E-state index in [1.165, 1.54) is 7.11 Å². The van der Waals surface area contributed by atoms with Gasteiger partial charge in [-0.1, -0.05) is 11.6 Å². The number of methoxy groups -OCH3 is 1. The summed E-state index contributed by atoms with van der Waals surface area (Å²) in [6, 6.07) is 4.24. The van der Waals surface area contributed by atoms with Crippen LogP contribution in [-0.2, 0) is 0 Å². The first kappa shape index (κ1) is 9.67. The summed E-state index contributed by atoms with van der Waals surface area (Å²) in [6.07, 6.45) is 0. The van der Waals surface area contributed by atoms with Crippen molar-refractivity contribution < 1.29 is 9.53 Å². The minimum atomic E-state index is -0.646. The van der Waals surface area contributed by atoms with Crippen molar-refractivity contribution >= 4 is 23.3 Å². The van der Waals surface area contributed by atoms with E-state index in [0.717, 1.165) is 0 Å². The summed E-state index contributed by atoms with van der Waals surface area (Å²) in [5, 5.41) is 2.76. The van der Waals surface area contributed by atoms with Crippen LogP contribution in [-0.4, -0.2) is 13.1 Å². The van der Waals surface area contributed by atoms with Crippen LogP contribution < -0.4 is 15.8 Å². The molecule has 3 N–H and O–H groups in total. The molecule has 13 heavy (non-hydrogen) atoms. The molecule has 0 fully saturated rings. The minimum absolute atomic E-state index is 0.387. The fraction of sp³-hybridized carbons (Fsp3) is 0.125. The second kappa shape index (κ2) is 4.00. The van der Waals surface area contributed by atoms with E-state index in [1.54, 1.807) is 18.2 Å². The number of urea groups is 1. The van der Waals surface area contributed by atoms with Crippen molar-refractivity contribution in [2.45, 2.75) is 0 Å². The largest absolute Gasteiger partial charge is 0.497 e. The van der Waals surface area contributed by atoms with Crippen molar-refractivity contribution in [1.82, 2.24) is 0 Å². The van der Waals surface area contributed by atoms with Gasteiger partial charge in [0.15, 0.2) is 0 Å². The van der Waals surface area contributed by atoms with Crippen molar-refractivity contribution in [3.8, 4) is 5.75 Å². The Morgan fingerprint density at radius 3 is 2.77 bits per heavy atom. The Labute approximate surface area is 80.6 Å². The predicted molar refractivity (Wildman–Crippen MR) is 51.2 cm³/mol. The van der Waals surface area contributed by atoms with E-state index in [0.29, 0.717) is 16.5 Å². The number of nitrogens with one attached hydrogen (secondary N) is 1. The predicted octanol–water partition coefficient (Wildman–Crippen LogP) is 1.84. The zero-order chi connectivity index (χ0) is 9.84. The van der Waals surface area contributed by atoms with Crippen LogP contribution in [0.4, 0.5) is 10.5 Å². The van der Waals surface area contributed by atoms with Crippen molar-refractivity contribution in [3.63, 3.8) is 0 Å². The molecule has 0 spiro atoms. The summed E-state index contributed by atoms with van der Waals surface area (Å²) in [6.45, 7) is 0. The Morgan fingerprint density at radius 2 is 2.31 bits per heavy atom. The topological polar surface area (TPSA) is 64.3 Å².